The van der Waals surface area contributed by atoms with Crippen molar-refractivity contribution >= 4 is 5.69 Å². The molecule has 0 radical (unpaired) electrons. The van der Waals surface area contributed by atoms with Crippen LogP contribution in [0.15, 0.2) is 48.8 Å². The Morgan fingerprint density at radius 3 is 2.73 bits per heavy atom. The SMILES string of the molecule is COc1ccc(Cn2ncnc2CN2CCc3cc(N)ccc3C2)cc1. The van der Waals surface area contributed by atoms with Crippen LogP contribution in [-0.4, -0.2) is 33.3 Å². The fraction of sp³-hybridized carbons (Fsp3) is 0.300. The number of rotatable bonds is 5. The maximum Gasteiger partial charge on any atom is 0.141 e. The lowest BCUT2D eigenvalue weighted by molar-refractivity contribution is 0.235. The summed E-state index contributed by atoms with van der Waals surface area (Å²) in [6.07, 6.45) is 2.66. The van der Waals surface area contributed by atoms with Gasteiger partial charge in [0.25, 0.3) is 0 Å². The van der Waals surface area contributed by atoms with E-state index in [2.05, 4.69) is 39.2 Å². The summed E-state index contributed by atoms with van der Waals surface area (Å²) in [5, 5.41) is 4.41. The molecule has 0 spiro atoms. The standard InChI is InChI=1S/C20H23N5O/c1-26-19-6-2-15(3-7-19)11-25-20(22-14-23-25)13-24-9-8-16-10-18(21)5-4-17(16)12-24/h2-7,10,14H,8-9,11-13,21H2,1H3. The molecule has 0 aliphatic carbocycles. The number of benzene rings is 2. The molecule has 6 heteroatoms. The van der Waals surface area contributed by atoms with E-state index in [1.165, 1.54) is 16.7 Å². The van der Waals surface area contributed by atoms with E-state index in [4.69, 9.17) is 10.5 Å². The van der Waals surface area contributed by atoms with Gasteiger partial charge >= 0.3 is 0 Å². The first kappa shape index (κ1) is 16.6. The van der Waals surface area contributed by atoms with Crippen LogP contribution in [0.4, 0.5) is 5.69 Å². The van der Waals surface area contributed by atoms with Crippen LogP contribution < -0.4 is 10.5 Å². The summed E-state index contributed by atoms with van der Waals surface area (Å²) in [5.41, 5.74) is 10.6. The Bertz CT molecular complexity index is 887. The molecule has 134 valence electrons. The second-order valence-corrected chi connectivity index (χ2v) is 6.67. The second-order valence-electron chi connectivity index (χ2n) is 6.67. The van der Waals surface area contributed by atoms with Crippen molar-refractivity contribution in [1.29, 1.82) is 0 Å². The zero-order chi connectivity index (χ0) is 17.9. The number of nitrogens with two attached hydrogens (primary N) is 1. The Morgan fingerprint density at radius 1 is 1.08 bits per heavy atom. The summed E-state index contributed by atoms with van der Waals surface area (Å²) in [6.45, 7) is 3.43. The lowest BCUT2D eigenvalue weighted by Gasteiger charge is -2.28. The van der Waals surface area contributed by atoms with Crippen LogP contribution in [0.2, 0.25) is 0 Å². The van der Waals surface area contributed by atoms with Gasteiger partial charge in [0.05, 0.1) is 20.2 Å². The van der Waals surface area contributed by atoms with Gasteiger partial charge in [-0.2, -0.15) is 5.10 Å². The average molecular weight is 349 g/mol. The summed E-state index contributed by atoms with van der Waals surface area (Å²) >= 11 is 0. The predicted octanol–water partition coefficient (Wildman–Crippen LogP) is 2.48. The molecule has 0 saturated heterocycles. The van der Waals surface area contributed by atoms with Crippen molar-refractivity contribution in [2.24, 2.45) is 0 Å². The first-order valence-electron chi connectivity index (χ1n) is 8.80. The fourth-order valence-corrected chi connectivity index (χ4v) is 3.41. The van der Waals surface area contributed by atoms with Gasteiger partial charge in [-0.05, 0) is 47.4 Å². The van der Waals surface area contributed by atoms with Gasteiger partial charge in [0.1, 0.15) is 17.9 Å². The molecule has 2 aromatic carbocycles. The molecule has 1 aliphatic rings. The van der Waals surface area contributed by atoms with Crippen LogP contribution in [-0.2, 0) is 26.1 Å². The number of methoxy groups -OCH3 is 1. The number of nitrogen functional groups attached to an aromatic ring is 1. The molecular formula is C20H23N5O. The van der Waals surface area contributed by atoms with Crippen molar-refractivity contribution in [3.63, 3.8) is 0 Å². The minimum absolute atomic E-state index is 0.709. The molecule has 1 aromatic heterocycles. The van der Waals surface area contributed by atoms with Crippen molar-refractivity contribution < 1.29 is 4.74 Å². The highest BCUT2D eigenvalue weighted by atomic mass is 16.5. The maximum atomic E-state index is 5.89. The van der Waals surface area contributed by atoms with Crippen LogP contribution in [0.25, 0.3) is 0 Å². The number of ether oxygens (including phenoxy) is 1. The Hall–Kier alpha value is -2.86. The van der Waals surface area contributed by atoms with Gasteiger partial charge < -0.3 is 10.5 Å². The largest absolute Gasteiger partial charge is 0.497 e. The minimum Gasteiger partial charge on any atom is -0.497 e. The lowest BCUT2D eigenvalue weighted by Crippen LogP contribution is -2.31. The Morgan fingerprint density at radius 2 is 1.92 bits per heavy atom. The second kappa shape index (κ2) is 7.17. The zero-order valence-corrected chi connectivity index (χ0v) is 14.9. The molecule has 0 atom stereocenters. The molecule has 26 heavy (non-hydrogen) atoms. The van der Waals surface area contributed by atoms with Crippen molar-refractivity contribution in [1.82, 2.24) is 19.7 Å². The van der Waals surface area contributed by atoms with Crippen LogP contribution in [0.1, 0.15) is 22.5 Å². The quantitative estimate of drug-likeness (QED) is 0.717. The van der Waals surface area contributed by atoms with Crippen molar-refractivity contribution in [3.05, 3.63) is 71.3 Å². The fourth-order valence-electron chi connectivity index (χ4n) is 3.41. The van der Waals surface area contributed by atoms with Gasteiger partial charge in [0, 0.05) is 18.8 Å². The van der Waals surface area contributed by atoms with E-state index in [0.717, 1.165) is 43.3 Å². The molecule has 0 bridgehead atoms. The molecule has 2 heterocycles. The smallest absolute Gasteiger partial charge is 0.141 e. The third-order valence-corrected chi connectivity index (χ3v) is 4.87. The molecule has 6 nitrogen and oxygen atoms in total. The molecule has 0 saturated carbocycles. The van der Waals surface area contributed by atoms with E-state index in [1.54, 1.807) is 13.4 Å². The summed E-state index contributed by atoms with van der Waals surface area (Å²) < 4.78 is 7.19. The molecule has 4 rings (SSSR count). The average Bonchev–Trinajstić information content (AvgIpc) is 3.09. The Kier molecular flexibility index (Phi) is 4.58. The molecule has 1 aliphatic heterocycles. The molecular weight excluding hydrogens is 326 g/mol. The summed E-state index contributed by atoms with van der Waals surface area (Å²) in [5.74, 6) is 1.85. The van der Waals surface area contributed by atoms with E-state index in [-0.39, 0.29) is 0 Å². The van der Waals surface area contributed by atoms with Crippen molar-refractivity contribution in [3.8, 4) is 5.75 Å². The van der Waals surface area contributed by atoms with E-state index in [1.807, 2.05) is 22.9 Å². The van der Waals surface area contributed by atoms with Gasteiger partial charge in [-0.15, -0.1) is 0 Å². The highest BCUT2D eigenvalue weighted by Gasteiger charge is 2.18. The topological polar surface area (TPSA) is 69.2 Å². The molecule has 0 fully saturated rings. The third-order valence-electron chi connectivity index (χ3n) is 4.87. The van der Waals surface area contributed by atoms with Crippen LogP contribution in [0.5, 0.6) is 5.75 Å². The normalized spacial score (nSPS) is 14.2. The highest BCUT2D eigenvalue weighted by molar-refractivity contribution is 5.45. The predicted molar refractivity (Wildman–Crippen MR) is 101 cm³/mol. The number of nitrogens with zero attached hydrogens (tertiary/aromatic N) is 4. The molecule has 0 unspecified atom stereocenters. The van der Waals surface area contributed by atoms with Gasteiger partial charge in [-0.25, -0.2) is 9.67 Å². The van der Waals surface area contributed by atoms with Crippen molar-refractivity contribution in [2.75, 3.05) is 19.4 Å². The van der Waals surface area contributed by atoms with E-state index >= 15 is 0 Å². The number of aromatic nitrogens is 3. The molecule has 2 N–H and O–H groups in total. The van der Waals surface area contributed by atoms with Gasteiger partial charge in [0.2, 0.25) is 0 Å². The Labute approximate surface area is 153 Å². The van der Waals surface area contributed by atoms with Gasteiger partial charge in [-0.3, -0.25) is 4.90 Å². The van der Waals surface area contributed by atoms with Crippen molar-refractivity contribution in [2.45, 2.75) is 26.1 Å². The lowest BCUT2D eigenvalue weighted by atomic mass is 9.99. The molecule has 3 aromatic rings. The first-order valence-corrected chi connectivity index (χ1v) is 8.80. The monoisotopic (exact) mass is 349 g/mol. The highest BCUT2D eigenvalue weighted by Crippen LogP contribution is 2.22. The van der Waals surface area contributed by atoms with E-state index < -0.39 is 0 Å². The van der Waals surface area contributed by atoms with Crippen LogP contribution in [0, 0.1) is 0 Å². The molecule has 0 amide bonds. The number of anilines is 1. The number of hydrogen-bond acceptors (Lipinski definition) is 5. The van der Waals surface area contributed by atoms with Crippen LogP contribution >= 0.6 is 0 Å². The first-order chi connectivity index (χ1) is 12.7. The Balaban J connectivity index is 1.45. The number of fused-ring (bicyclic) bond motifs is 1. The van der Waals surface area contributed by atoms with Crippen LogP contribution in [0.3, 0.4) is 0 Å². The van der Waals surface area contributed by atoms with Gasteiger partial charge in [-0.1, -0.05) is 18.2 Å². The summed E-state index contributed by atoms with van der Waals surface area (Å²) in [4.78, 5) is 6.89. The zero-order valence-electron chi connectivity index (χ0n) is 14.9. The summed E-state index contributed by atoms with van der Waals surface area (Å²) in [7, 11) is 1.68. The van der Waals surface area contributed by atoms with E-state index in [0.29, 0.717) is 6.54 Å². The van der Waals surface area contributed by atoms with E-state index in [9.17, 15) is 0 Å². The number of hydrogen-bond donors (Lipinski definition) is 1. The third kappa shape index (κ3) is 3.55. The minimum atomic E-state index is 0.709. The van der Waals surface area contributed by atoms with Gasteiger partial charge in [0.15, 0.2) is 0 Å². The summed E-state index contributed by atoms with van der Waals surface area (Å²) in [6, 6.07) is 14.3. The maximum absolute atomic E-state index is 5.89.